The molecule has 2 aliphatic rings. The van der Waals surface area contributed by atoms with Gasteiger partial charge >= 0.3 is 12.1 Å². The summed E-state index contributed by atoms with van der Waals surface area (Å²) >= 11 is 0. The quantitative estimate of drug-likeness (QED) is 0.562. The average Bonchev–Trinajstić information content (AvgIpc) is 3.17. The van der Waals surface area contributed by atoms with Gasteiger partial charge in [0.2, 0.25) is 11.8 Å². The monoisotopic (exact) mass is 479 g/mol. The number of carboxylic acid groups (broad SMARTS) is 1. The van der Waals surface area contributed by atoms with Crippen molar-refractivity contribution in [1.82, 2.24) is 15.1 Å². The van der Waals surface area contributed by atoms with E-state index < -0.39 is 18.1 Å². The number of hydrogen-bond donors (Lipinski definition) is 2. The number of aliphatic carboxylic acids is 1. The molecule has 1 fully saturated rings. The molecule has 184 valence electrons. The van der Waals surface area contributed by atoms with Crippen LogP contribution in [-0.2, 0) is 19.1 Å². The molecule has 9 heteroatoms. The Morgan fingerprint density at radius 2 is 1.66 bits per heavy atom. The van der Waals surface area contributed by atoms with Crippen molar-refractivity contribution < 1.29 is 29.0 Å². The first-order valence-electron chi connectivity index (χ1n) is 11.7. The molecule has 0 saturated carbocycles. The fraction of sp³-hybridized carbons (Fsp3) is 0.385. The van der Waals surface area contributed by atoms with Crippen LogP contribution in [0.5, 0.6) is 0 Å². The number of unbranched alkanes of at least 4 members (excludes halogenated alkanes) is 1. The molecule has 2 aromatic carbocycles. The summed E-state index contributed by atoms with van der Waals surface area (Å²) in [6.07, 6.45) is 0.562. The number of nitrogens with one attached hydrogen (secondary N) is 1. The Bertz CT molecular complexity index is 1090. The fourth-order valence-corrected chi connectivity index (χ4v) is 4.69. The Morgan fingerprint density at radius 1 is 1.03 bits per heavy atom. The van der Waals surface area contributed by atoms with Crippen LogP contribution >= 0.6 is 0 Å². The summed E-state index contributed by atoms with van der Waals surface area (Å²) in [5.74, 6) is -1.80. The van der Waals surface area contributed by atoms with E-state index in [4.69, 9.17) is 4.74 Å². The molecule has 0 spiro atoms. The third-order valence-electron chi connectivity index (χ3n) is 6.59. The molecular formula is C26H29N3O6. The molecule has 0 bridgehead atoms. The highest BCUT2D eigenvalue weighted by Gasteiger charge is 2.37. The molecular weight excluding hydrogens is 450 g/mol. The zero-order valence-electron chi connectivity index (χ0n) is 19.6. The van der Waals surface area contributed by atoms with Gasteiger partial charge < -0.3 is 25.0 Å². The summed E-state index contributed by atoms with van der Waals surface area (Å²) in [5, 5.41) is 12.1. The van der Waals surface area contributed by atoms with E-state index in [0.717, 1.165) is 27.2 Å². The number of amides is 3. The van der Waals surface area contributed by atoms with Crippen LogP contribution in [0.2, 0.25) is 0 Å². The molecule has 3 amide bonds. The number of hydrogen-bond acceptors (Lipinski definition) is 5. The number of fused-ring (bicyclic) bond motifs is 3. The fourth-order valence-electron chi connectivity index (χ4n) is 4.69. The van der Waals surface area contributed by atoms with Crippen molar-refractivity contribution in [2.75, 3.05) is 33.3 Å². The van der Waals surface area contributed by atoms with Crippen LogP contribution in [0.4, 0.5) is 4.79 Å². The lowest BCUT2D eigenvalue weighted by Crippen LogP contribution is -2.59. The maximum absolute atomic E-state index is 12.5. The normalized spacial score (nSPS) is 17.1. The van der Waals surface area contributed by atoms with E-state index in [2.05, 4.69) is 29.6 Å². The van der Waals surface area contributed by atoms with Crippen molar-refractivity contribution in [1.29, 1.82) is 0 Å². The third kappa shape index (κ3) is 5.29. The molecule has 1 aliphatic carbocycles. The first-order valence-corrected chi connectivity index (χ1v) is 11.7. The second kappa shape index (κ2) is 10.6. The highest BCUT2D eigenvalue weighted by molar-refractivity contribution is 5.91. The van der Waals surface area contributed by atoms with E-state index in [1.54, 1.807) is 0 Å². The SMILES string of the molecule is CN1CC(C(=O)O)N(C(=O)CCCCNC(=O)OCC2c3ccccc3-c3ccccc32)CC1=O. The van der Waals surface area contributed by atoms with E-state index in [9.17, 15) is 24.3 Å². The molecule has 9 nitrogen and oxygen atoms in total. The number of alkyl carbamates (subject to hydrolysis) is 1. The van der Waals surface area contributed by atoms with Crippen LogP contribution in [0, 0.1) is 0 Å². The zero-order chi connectivity index (χ0) is 24.9. The summed E-state index contributed by atoms with van der Waals surface area (Å²) in [6.45, 7) is 0.299. The molecule has 1 unspecified atom stereocenters. The summed E-state index contributed by atoms with van der Waals surface area (Å²) in [6, 6.07) is 15.2. The van der Waals surface area contributed by atoms with Crippen LogP contribution in [0.15, 0.2) is 48.5 Å². The maximum atomic E-state index is 12.5. The van der Waals surface area contributed by atoms with Crippen molar-refractivity contribution in [3.8, 4) is 11.1 Å². The maximum Gasteiger partial charge on any atom is 0.407 e. The molecule has 1 saturated heterocycles. The number of piperazine rings is 1. The number of likely N-dealkylation sites (N-methyl/N-ethyl adjacent to an activating group) is 1. The van der Waals surface area contributed by atoms with E-state index in [1.165, 1.54) is 11.9 Å². The highest BCUT2D eigenvalue weighted by atomic mass is 16.5. The highest BCUT2D eigenvalue weighted by Crippen LogP contribution is 2.44. The number of carbonyl (C=O) groups excluding carboxylic acids is 3. The van der Waals surface area contributed by atoms with Crippen LogP contribution in [-0.4, -0.2) is 78.1 Å². The van der Waals surface area contributed by atoms with Crippen molar-refractivity contribution in [3.63, 3.8) is 0 Å². The van der Waals surface area contributed by atoms with Crippen LogP contribution in [0.1, 0.15) is 36.3 Å². The van der Waals surface area contributed by atoms with Gasteiger partial charge in [-0.25, -0.2) is 9.59 Å². The lowest BCUT2D eigenvalue weighted by atomic mass is 9.98. The molecule has 1 aliphatic heterocycles. The third-order valence-corrected chi connectivity index (χ3v) is 6.59. The number of nitrogens with zero attached hydrogens (tertiary/aromatic N) is 2. The van der Waals surface area contributed by atoms with Gasteiger partial charge in [-0.15, -0.1) is 0 Å². The van der Waals surface area contributed by atoms with Crippen molar-refractivity contribution in [2.24, 2.45) is 0 Å². The van der Waals surface area contributed by atoms with Gasteiger partial charge in [0.05, 0.1) is 6.54 Å². The van der Waals surface area contributed by atoms with Crippen molar-refractivity contribution >= 4 is 23.9 Å². The van der Waals surface area contributed by atoms with Gasteiger partial charge in [0, 0.05) is 25.9 Å². The second-order valence-corrected chi connectivity index (χ2v) is 8.86. The van der Waals surface area contributed by atoms with Crippen molar-refractivity contribution in [3.05, 3.63) is 59.7 Å². The van der Waals surface area contributed by atoms with Gasteiger partial charge in [0.25, 0.3) is 0 Å². The van der Waals surface area contributed by atoms with Gasteiger partial charge in [0.15, 0.2) is 0 Å². The van der Waals surface area contributed by atoms with Crippen LogP contribution in [0.25, 0.3) is 11.1 Å². The van der Waals surface area contributed by atoms with E-state index in [0.29, 0.717) is 19.4 Å². The second-order valence-electron chi connectivity index (χ2n) is 8.86. The van der Waals surface area contributed by atoms with Gasteiger partial charge in [-0.2, -0.15) is 0 Å². The first kappa shape index (κ1) is 24.3. The molecule has 4 rings (SSSR count). The van der Waals surface area contributed by atoms with Gasteiger partial charge in [0.1, 0.15) is 19.2 Å². The largest absolute Gasteiger partial charge is 0.480 e. The minimum Gasteiger partial charge on any atom is -0.480 e. The molecule has 2 N–H and O–H groups in total. The number of rotatable bonds is 8. The number of carboxylic acids is 1. The minimum absolute atomic E-state index is 0.0146. The van der Waals surface area contributed by atoms with Gasteiger partial charge in [-0.05, 0) is 35.1 Å². The van der Waals surface area contributed by atoms with E-state index >= 15 is 0 Å². The predicted octanol–water partition coefficient (Wildman–Crippen LogP) is 2.45. The number of ether oxygens (including phenoxy) is 1. The first-order chi connectivity index (χ1) is 16.9. The Kier molecular flexibility index (Phi) is 7.33. The molecule has 1 atom stereocenters. The lowest BCUT2D eigenvalue weighted by molar-refractivity contribution is -0.158. The molecule has 1 heterocycles. The summed E-state index contributed by atoms with van der Waals surface area (Å²) in [4.78, 5) is 50.6. The summed E-state index contributed by atoms with van der Waals surface area (Å²) < 4.78 is 5.49. The summed E-state index contributed by atoms with van der Waals surface area (Å²) in [7, 11) is 1.52. The van der Waals surface area contributed by atoms with Crippen molar-refractivity contribution in [2.45, 2.75) is 31.2 Å². The van der Waals surface area contributed by atoms with E-state index in [-0.39, 0.29) is 43.8 Å². The Balaban J connectivity index is 1.20. The molecule has 2 aromatic rings. The lowest BCUT2D eigenvalue weighted by Gasteiger charge is -2.37. The smallest absolute Gasteiger partial charge is 0.407 e. The number of carbonyl (C=O) groups is 4. The molecule has 0 aromatic heterocycles. The Labute approximate surface area is 203 Å². The molecule has 0 radical (unpaired) electrons. The van der Waals surface area contributed by atoms with Crippen LogP contribution in [0.3, 0.4) is 0 Å². The standard InChI is InChI=1S/C26H29N3O6/c1-28-14-22(25(32)33)29(15-24(28)31)23(30)12-6-7-13-27-26(34)35-16-21-19-10-4-2-8-17(19)18-9-3-5-11-20(18)21/h2-5,8-11,21-22H,6-7,12-16H2,1H3,(H,27,34)(H,32,33). The zero-order valence-corrected chi connectivity index (χ0v) is 19.6. The van der Waals surface area contributed by atoms with Gasteiger partial charge in [-0.3, -0.25) is 9.59 Å². The predicted molar refractivity (Wildman–Crippen MR) is 128 cm³/mol. The minimum atomic E-state index is -1.13. The average molecular weight is 480 g/mol. The number of benzene rings is 2. The van der Waals surface area contributed by atoms with E-state index in [1.807, 2.05) is 24.3 Å². The molecule has 35 heavy (non-hydrogen) atoms. The Morgan fingerprint density at radius 3 is 2.29 bits per heavy atom. The van der Waals surface area contributed by atoms with Crippen LogP contribution < -0.4 is 5.32 Å². The summed E-state index contributed by atoms with van der Waals surface area (Å²) in [5.41, 5.74) is 4.60. The Hall–Kier alpha value is -3.88. The topological polar surface area (TPSA) is 116 Å². The van der Waals surface area contributed by atoms with Gasteiger partial charge in [-0.1, -0.05) is 48.5 Å².